The number of amides is 1. The number of nitrogens with one attached hydrogen (secondary N) is 1. The molecule has 0 radical (unpaired) electrons. The Hall–Kier alpha value is -3.18. The maximum Gasteiger partial charge on any atom is 0.344 e. The van der Waals surface area contributed by atoms with Gasteiger partial charge in [0.05, 0.1) is 5.39 Å². The van der Waals surface area contributed by atoms with Crippen LogP contribution in [0.5, 0.6) is 0 Å². The van der Waals surface area contributed by atoms with E-state index in [-0.39, 0.29) is 5.76 Å². The van der Waals surface area contributed by atoms with E-state index in [0.29, 0.717) is 22.0 Å². The third-order valence-corrected chi connectivity index (χ3v) is 5.31. The van der Waals surface area contributed by atoms with Crippen molar-refractivity contribution in [1.29, 1.82) is 0 Å². The Kier molecular flexibility index (Phi) is 5.07. The van der Waals surface area contributed by atoms with Crippen LogP contribution in [0, 0.1) is 13.8 Å². The molecule has 4 nitrogen and oxygen atoms in total. The van der Waals surface area contributed by atoms with Crippen molar-refractivity contribution < 1.29 is 9.21 Å². The summed E-state index contributed by atoms with van der Waals surface area (Å²) in [6, 6.07) is 20.5. The van der Waals surface area contributed by atoms with Crippen LogP contribution in [0.25, 0.3) is 21.9 Å². The van der Waals surface area contributed by atoms with E-state index in [0.717, 1.165) is 21.2 Å². The highest BCUT2D eigenvalue weighted by Crippen LogP contribution is 2.32. The maximum atomic E-state index is 13.2. The van der Waals surface area contributed by atoms with E-state index in [9.17, 15) is 9.59 Å². The predicted octanol–water partition coefficient (Wildman–Crippen LogP) is 6.09. The van der Waals surface area contributed by atoms with E-state index >= 15 is 0 Å². The second kappa shape index (κ2) is 7.68. The summed E-state index contributed by atoms with van der Waals surface area (Å²) in [4.78, 5) is 25.7. The van der Waals surface area contributed by atoms with Crippen LogP contribution in [-0.2, 0) is 0 Å². The minimum atomic E-state index is -0.533. The first kappa shape index (κ1) is 19.2. The summed E-state index contributed by atoms with van der Waals surface area (Å²) in [6.07, 6.45) is 0. The number of aryl methyl sites for hydroxylation is 2. The number of hydrogen-bond acceptors (Lipinski definition) is 3. The van der Waals surface area contributed by atoms with Gasteiger partial charge in [0.1, 0.15) is 0 Å². The Balaban J connectivity index is 1.91. The van der Waals surface area contributed by atoms with E-state index in [1.54, 1.807) is 12.1 Å². The van der Waals surface area contributed by atoms with E-state index in [1.165, 1.54) is 0 Å². The quantitative estimate of drug-likeness (QED) is 0.413. The fourth-order valence-electron chi connectivity index (χ4n) is 3.31. The maximum absolute atomic E-state index is 13.2. The normalized spacial score (nSPS) is 10.9. The van der Waals surface area contributed by atoms with Crippen molar-refractivity contribution in [2.75, 3.05) is 5.32 Å². The van der Waals surface area contributed by atoms with Crippen LogP contribution in [0.3, 0.4) is 0 Å². The van der Waals surface area contributed by atoms with Crippen LogP contribution < -0.4 is 10.9 Å². The molecule has 4 aromatic rings. The highest BCUT2D eigenvalue weighted by Gasteiger charge is 2.21. The molecule has 144 valence electrons. The molecule has 0 aliphatic carbocycles. The monoisotopic (exact) mass is 447 g/mol. The lowest BCUT2D eigenvalue weighted by Crippen LogP contribution is -2.17. The zero-order valence-electron chi connectivity index (χ0n) is 16.0. The second-order valence-electron chi connectivity index (χ2n) is 6.92. The molecule has 5 heteroatoms. The molecule has 0 saturated carbocycles. The standard InChI is InChI=1S/C24H18BrNO3/c1-14-7-9-16(10-8-14)21-18-5-3-4-6-19(18)24(28)29-22(21)23(27)26-20-12-11-17(25)13-15(20)2/h3-13H,1-2H3,(H,26,27). The number of benzene rings is 3. The molecule has 0 aliphatic heterocycles. The third-order valence-electron chi connectivity index (χ3n) is 4.82. The van der Waals surface area contributed by atoms with Crippen molar-refractivity contribution in [3.8, 4) is 11.1 Å². The van der Waals surface area contributed by atoms with Gasteiger partial charge in [-0.2, -0.15) is 0 Å². The number of carbonyl (C=O) groups excluding carboxylic acids is 1. The molecule has 3 aromatic carbocycles. The van der Waals surface area contributed by atoms with Gasteiger partial charge < -0.3 is 9.73 Å². The van der Waals surface area contributed by atoms with Crippen LogP contribution >= 0.6 is 15.9 Å². The fourth-order valence-corrected chi connectivity index (χ4v) is 3.79. The lowest BCUT2D eigenvalue weighted by Gasteiger charge is -2.13. The van der Waals surface area contributed by atoms with Crippen LogP contribution in [0.4, 0.5) is 5.69 Å². The molecule has 1 aromatic heterocycles. The summed E-state index contributed by atoms with van der Waals surface area (Å²) in [7, 11) is 0. The summed E-state index contributed by atoms with van der Waals surface area (Å²) < 4.78 is 6.45. The molecular weight excluding hydrogens is 430 g/mol. The number of fused-ring (bicyclic) bond motifs is 1. The van der Waals surface area contributed by atoms with Crippen LogP contribution in [0.15, 0.2) is 80.4 Å². The minimum Gasteiger partial charge on any atom is -0.416 e. The van der Waals surface area contributed by atoms with Gasteiger partial charge in [0, 0.05) is 21.1 Å². The van der Waals surface area contributed by atoms with Crippen LogP contribution in [0.1, 0.15) is 21.7 Å². The fraction of sp³-hybridized carbons (Fsp3) is 0.0833. The largest absolute Gasteiger partial charge is 0.416 e. The number of rotatable bonds is 3. The number of carbonyl (C=O) groups is 1. The van der Waals surface area contributed by atoms with E-state index < -0.39 is 11.5 Å². The molecule has 0 unspecified atom stereocenters. The molecule has 1 N–H and O–H groups in total. The van der Waals surface area contributed by atoms with Crippen LogP contribution in [0.2, 0.25) is 0 Å². The first-order valence-electron chi connectivity index (χ1n) is 9.14. The van der Waals surface area contributed by atoms with Crippen molar-refractivity contribution in [2.45, 2.75) is 13.8 Å². The smallest absolute Gasteiger partial charge is 0.344 e. The lowest BCUT2D eigenvalue weighted by molar-refractivity contribution is 0.0994. The van der Waals surface area contributed by atoms with Gasteiger partial charge in [0.2, 0.25) is 5.76 Å². The van der Waals surface area contributed by atoms with E-state index in [1.807, 2.05) is 68.4 Å². The molecule has 4 rings (SSSR count). The van der Waals surface area contributed by atoms with Gasteiger partial charge in [-0.25, -0.2) is 4.79 Å². The summed E-state index contributed by atoms with van der Waals surface area (Å²) >= 11 is 3.42. The van der Waals surface area contributed by atoms with Gasteiger partial charge in [-0.05, 0) is 49.2 Å². The van der Waals surface area contributed by atoms with Gasteiger partial charge in [0.15, 0.2) is 0 Å². The highest BCUT2D eigenvalue weighted by atomic mass is 79.9. The first-order valence-corrected chi connectivity index (χ1v) is 9.94. The van der Waals surface area contributed by atoms with Crippen LogP contribution in [-0.4, -0.2) is 5.91 Å². The molecule has 1 amide bonds. The molecule has 0 spiro atoms. The van der Waals surface area contributed by atoms with E-state index in [4.69, 9.17) is 4.42 Å². The van der Waals surface area contributed by atoms with Gasteiger partial charge in [-0.15, -0.1) is 0 Å². The Morgan fingerprint density at radius 2 is 1.62 bits per heavy atom. The average Bonchev–Trinajstić information content (AvgIpc) is 2.71. The van der Waals surface area contributed by atoms with Gasteiger partial charge in [-0.1, -0.05) is 64.0 Å². The van der Waals surface area contributed by atoms with Crippen molar-refractivity contribution in [3.63, 3.8) is 0 Å². The molecule has 0 aliphatic rings. The number of anilines is 1. The van der Waals surface area contributed by atoms with Crippen molar-refractivity contribution in [3.05, 3.63) is 98.5 Å². The first-order chi connectivity index (χ1) is 13.9. The summed E-state index contributed by atoms with van der Waals surface area (Å²) in [5.74, 6) is -0.464. The molecular formula is C24H18BrNO3. The minimum absolute atomic E-state index is 0.000119. The topological polar surface area (TPSA) is 59.3 Å². The van der Waals surface area contributed by atoms with Crippen molar-refractivity contribution >= 4 is 38.3 Å². The Morgan fingerprint density at radius 3 is 2.31 bits per heavy atom. The average molecular weight is 448 g/mol. The zero-order valence-corrected chi connectivity index (χ0v) is 17.5. The Labute approximate surface area is 176 Å². The molecule has 0 bridgehead atoms. The van der Waals surface area contributed by atoms with Crippen molar-refractivity contribution in [1.82, 2.24) is 0 Å². The molecule has 0 fully saturated rings. The Bertz CT molecular complexity index is 1290. The van der Waals surface area contributed by atoms with Crippen molar-refractivity contribution in [2.24, 2.45) is 0 Å². The SMILES string of the molecule is Cc1ccc(-c2c(C(=O)Nc3ccc(Br)cc3C)oc(=O)c3ccccc23)cc1. The summed E-state index contributed by atoms with van der Waals surface area (Å²) in [5.41, 5.74) is 3.54. The molecule has 29 heavy (non-hydrogen) atoms. The Morgan fingerprint density at radius 1 is 0.931 bits per heavy atom. The number of halogens is 1. The number of hydrogen-bond donors (Lipinski definition) is 1. The highest BCUT2D eigenvalue weighted by molar-refractivity contribution is 9.10. The predicted molar refractivity (Wildman–Crippen MR) is 119 cm³/mol. The molecule has 0 saturated heterocycles. The lowest BCUT2D eigenvalue weighted by atomic mass is 9.97. The van der Waals surface area contributed by atoms with Gasteiger partial charge in [-0.3, -0.25) is 4.79 Å². The van der Waals surface area contributed by atoms with Gasteiger partial charge >= 0.3 is 5.63 Å². The third kappa shape index (κ3) is 3.74. The van der Waals surface area contributed by atoms with E-state index in [2.05, 4.69) is 21.2 Å². The molecule has 0 atom stereocenters. The van der Waals surface area contributed by atoms with Gasteiger partial charge in [0.25, 0.3) is 5.91 Å². The second-order valence-corrected chi connectivity index (χ2v) is 7.83. The summed E-state index contributed by atoms with van der Waals surface area (Å²) in [5, 5.41) is 4.00. The summed E-state index contributed by atoms with van der Waals surface area (Å²) in [6.45, 7) is 3.90. The zero-order chi connectivity index (χ0) is 20.5. The molecule has 1 heterocycles.